The maximum Gasteiger partial charge on any atom is 0.302 e. The van der Waals surface area contributed by atoms with Crippen LogP contribution < -0.4 is 0 Å². The first-order valence-corrected chi connectivity index (χ1v) is 8.72. The minimum absolute atomic E-state index is 0.231. The average Bonchev–Trinajstić information content (AvgIpc) is 2.91. The molecule has 1 saturated heterocycles. The highest BCUT2D eigenvalue weighted by Gasteiger charge is 2.56. The van der Waals surface area contributed by atoms with E-state index in [-0.39, 0.29) is 6.61 Å². The summed E-state index contributed by atoms with van der Waals surface area (Å²) in [5.74, 6) is -1.58. The molecule has 0 aromatic rings. The Balaban J connectivity index is 1.80. The van der Waals surface area contributed by atoms with Gasteiger partial charge in [-0.15, -0.1) is 0 Å². The monoisotopic (exact) mass is 404 g/mol. The van der Waals surface area contributed by atoms with Gasteiger partial charge in [0.25, 0.3) is 0 Å². The van der Waals surface area contributed by atoms with Crippen LogP contribution in [0.5, 0.6) is 0 Å². The van der Waals surface area contributed by atoms with Crippen molar-refractivity contribution in [1.29, 1.82) is 0 Å². The Hall–Kier alpha value is -1.57. The van der Waals surface area contributed by atoms with Crippen molar-refractivity contribution in [1.82, 2.24) is 0 Å². The molecule has 0 amide bonds. The van der Waals surface area contributed by atoms with E-state index >= 15 is 0 Å². The molecular formula is C17H24O11. The van der Waals surface area contributed by atoms with Crippen LogP contribution in [0.3, 0.4) is 0 Å². The minimum Gasteiger partial charge on any atom is -0.472 e. The van der Waals surface area contributed by atoms with E-state index < -0.39 is 67.2 Å². The normalized spacial score (nSPS) is 45.2. The first kappa shape index (κ1) is 21.1. The number of fused-ring (bicyclic) bond motifs is 1. The molecule has 28 heavy (non-hydrogen) atoms. The first-order valence-electron chi connectivity index (χ1n) is 8.72. The highest BCUT2D eigenvalue weighted by Crippen LogP contribution is 2.44. The number of aliphatic hydroxyl groups excluding tert-OH is 5. The van der Waals surface area contributed by atoms with Crippen LogP contribution in [0, 0.1) is 5.92 Å². The standard InChI is InChI=1S/C17H24O11/c1-7(19)26-6-8-4-10(20)17(24)2-3-25-15(11(8)17)28-16-14(23)13(22)12(21)9(5-18)27-16/h2-4,9-16,18,20-24H,5-6H2,1H3. The molecule has 1 fully saturated rings. The summed E-state index contributed by atoms with van der Waals surface area (Å²) in [7, 11) is 0. The van der Waals surface area contributed by atoms with Crippen LogP contribution in [0.4, 0.5) is 0 Å². The van der Waals surface area contributed by atoms with Crippen molar-refractivity contribution in [3.8, 4) is 0 Å². The topological polar surface area (TPSA) is 175 Å². The lowest BCUT2D eigenvalue weighted by Crippen LogP contribution is -2.61. The van der Waals surface area contributed by atoms with Crippen LogP contribution >= 0.6 is 0 Å². The quantitative estimate of drug-likeness (QED) is 0.202. The molecule has 0 saturated carbocycles. The van der Waals surface area contributed by atoms with Gasteiger partial charge in [-0.05, 0) is 17.7 Å². The molecule has 3 aliphatic rings. The summed E-state index contributed by atoms with van der Waals surface area (Å²) in [4.78, 5) is 11.1. The fraction of sp³-hybridized carbons (Fsp3) is 0.706. The van der Waals surface area contributed by atoms with Gasteiger partial charge in [-0.1, -0.05) is 0 Å². The summed E-state index contributed by atoms with van der Waals surface area (Å²) in [5.41, 5.74) is -1.49. The smallest absolute Gasteiger partial charge is 0.302 e. The predicted molar refractivity (Wildman–Crippen MR) is 88.0 cm³/mol. The molecule has 2 heterocycles. The van der Waals surface area contributed by atoms with Crippen molar-refractivity contribution >= 4 is 5.97 Å². The highest BCUT2D eigenvalue weighted by molar-refractivity contribution is 5.66. The number of carbonyl (C=O) groups is 1. The molecule has 9 atom stereocenters. The Labute approximate surface area is 160 Å². The molecule has 3 rings (SSSR count). The van der Waals surface area contributed by atoms with Crippen molar-refractivity contribution in [3.63, 3.8) is 0 Å². The van der Waals surface area contributed by atoms with Crippen LogP contribution in [0.1, 0.15) is 6.92 Å². The number of esters is 1. The number of hydrogen-bond donors (Lipinski definition) is 6. The zero-order valence-electron chi connectivity index (χ0n) is 15.0. The molecule has 1 aliphatic carbocycles. The third-order valence-electron chi connectivity index (χ3n) is 5.12. The SMILES string of the molecule is CC(=O)OCC1=CC(O)C2(O)C=COC(OC3OC(CO)C(O)C(O)C3O)C12. The number of hydrogen-bond acceptors (Lipinski definition) is 11. The summed E-state index contributed by atoms with van der Waals surface area (Å²) in [6.45, 7) is 0.336. The average molecular weight is 404 g/mol. The van der Waals surface area contributed by atoms with Crippen molar-refractivity contribution in [2.45, 2.75) is 55.6 Å². The van der Waals surface area contributed by atoms with Crippen molar-refractivity contribution in [2.24, 2.45) is 5.92 Å². The largest absolute Gasteiger partial charge is 0.472 e. The van der Waals surface area contributed by atoms with E-state index in [1.807, 2.05) is 0 Å². The fourth-order valence-corrected chi connectivity index (χ4v) is 3.57. The number of ether oxygens (including phenoxy) is 4. The van der Waals surface area contributed by atoms with Gasteiger partial charge in [0.2, 0.25) is 6.29 Å². The lowest BCUT2D eigenvalue weighted by Gasteiger charge is -2.44. The van der Waals surface area contributed by atoms with Gasteiger partial charge in [0.05, 0.1) is 18.8 Å². The Morgan fingerprint density at radius 2 is 1.89 bits per heavy atom. The van der Waals surface area contributed by atoms with Crippen LogP contribution in [-0.2, 0) is 23.7 Å². The minimum atomic E-state index is -1.81. The number of carbonyl (C=O) groups excluding carboxylic acids is 1. The van der Waals surface area contributed by atoms with Gasteiger partial charge in [0.1, 0.15) is 42.7 Å². The van der Waals surface area contributed by atoms with Crippen molar-refractivity contribution < 1.29 is 54.4 Å². The van der Waals surface area contributed by atoms with Crippen LogP contribution in [0.25, 0.3) is 0 Å². The van der Waals surface area contributed by atoms with E-state index in [4.69, 9.17) is 18.9 Å². The molecule has 11 nitrogen and oxygen atoms in total. The predicted octanol–water partition coefficient (Wildman–Crippen LogP) is -3.12. The van der Waals surface area contributed by atoms with Crippen molar-refractivity contribution in [3.05, 3.63) is 24.0 Å². The second-order valence-electron chi connectivity index (χ2n) is 6.97. The molecule has 6 N–H and O–H groups in total. The van der Waals surface area contributed by atoms with Crippen LogP contribution in [0.15, 0.2) is 24.0 Å². The van der Waals surface area contributed by atoms with Gasteiger partial charge in [-0.25, -0.2) is 0 Å². The van der Waals surface area contributed by atoms with Gasteiger partial charge in [-0.3, -0.25) is 4.79 Å². The molecule has 0 radical (unpaired) electrons. The zero-order chi connectivity index (χ0) is 20.6. The van der Waals surface area contributed by atoms with E-state index in [1.165, 1.54) is 19.1 Å². The maximum absolute atomic E-state index is 11.1. The second-order valence-corrected chi connectivity index (χ2v) is 6.97. The fourth-order valence-electron chi connectivity index (χ4n) is 3.57. The molecule has 0 spiro atoms. The van der Waals surface area contributed by atoms with Crippen molar-refractivity contribution in [2.75, 3.05) is 13.2 Å². The van der Waals surface area contributed by atoms with Gasteiger partial charge in [0, 0.05) is 6.92 Å². The van der Waals surface area contributed by atoms with Gasteiger partial charge in [-0.2, -0.15) is 0 Å². The molecule has 0 aromatic carbocycles. The molecule has 0 aromatic heterocycles. The Morgan fingerprint density at radius 3 is 2.54 bits per heavy atom. The molecular weight excluding hydrogens is 380 g/mol. The summed E-state index contributed by atoms with van der Waals surface area (Å²) < 4.78 is 21.2. The van der Waals surface area contributed by atoms with E-state index in [1.54, 1.807) is 0 Å². The number of rotatable bonds is 5. The first-order chi connectivity index (χ1) is 13.2. The summed E-state index contributed by atoms with van der Waals surface area (Å²) >= 11 is 0. The van der Waals surface area contributed by atoms with Gasteiger partial charge < -0.3 is 49.6 Å². The third-order valence-corrected chi connectivity index (χ3v) is 5.12. The van der Waals surface area contributed by atoms with Crippen LogP contribution in [0.2, 0.25) is 0 Å². The molecule has 11 heteroatoms. The van der Waals surface area contributed by atoms with E-state index in [2.05, 4.69) is 0 Å². The Morgan fingerprint density at radius 1 is 1.18 bits per heavy atom. The highest BCUT2D eigenvalue weighted by atomic mass is 16.8. The second kappa shape index (κ2) is 8.05. The lowest BCUT2D eigenvalue weighted by molar-refractivity contribution is -0.344. The third kappa shape index (κ3) is 3.67. The zero-order valence-corrected chi connectivity index (χ0v) is 15.0. The summed E-state index contributed by atoms with van der Waals surface area (Å²) in [6, 6.07) is 0. The lowest BCUT2D eigenvalue weighted by atomic mass is 9.83. The van der Waals surface area contributed by atoms with E-state index in [0.29, 0.717) is 5.57 Å². The molecule has 0 bridgehead atoms. The summed E-state index contributed by atoms with van der Waals surface area (Å²) in [5, 5.41) is 60.2. The molecule has 158 valence electrons. The molecule has 9 unspecified atom stereocenters. The Kier molecular flexibility index (Phi) is 6.08. The number of aliphatic hydroxyl groups is 6. The van der Waals surface area contributed by atoms with Crippen LogP contribution in [-0.4, -0.2) is 98.5 Å². The van der Waals surface area contributed by atoms with E-state index in [0.717, 1.165) is 6.26 Å². The van der Waals surface area contributed by atoms with Gasteiger partial charge in [0.15, 0.2) is 6.29 Å². The summed E-state index contributed by atoms with van der Waals surface area (Å²) in [6.07, 6.45) is -6.56. The van der Waals surface area contributed by atoms with E-state index in [9.17, 15) is 35.4 Å². The van der Waals surface area contributed by atoms with Gasteiger partial charge >= 0.3 is 5.97 Å². The Bertz CT molecular complexity index is 647. The molecule has 2 aliphatic heterocycles. The maximum atomic E-state index is 11.1.